The van der Waals surface area contributed by atoms with E-state index in [1.165, 1.54) is 12.1 Å². The number of nitrogens with one attached hydrogen (secondary N) is 1. The molecule has 8 heteroatoms. The summed E-state index contributed by atoms with van der Waals surface area (Å²) in [6, 6.07) is 3.47. The molecule has 0 amide bonds. The van der Waals surface area contributed by atoms with Crippen molar-refractivity contribution in [3.05, 3.63) is 45.1 Å². The Balaban J connectivity index is 2.48. The molecule has 0 atom stereocenters. The zero-order chi connectivity index (χ0) is 15.8. The highest BCUT2D eigenvalue weighted by molar-refractivity contribution is 6.30. The second kappa shape index (κ2) is 5.69. The first kappa shape index (κ1) is 15.9. The van der Waals surface area contributed by atoms with Gasteiger partial charge in [0, 0.05) is 5.02 Å². The van der Waals surface area contributed by atoms with Gasteiger partial charge in [-0.3, -0.25) is 0 Å². The molecule has 0 unspecified atom stereocenters. The third-order valence-corrected chi connectivity index (χ3v) is 3.60. The first-order valence-corrected chi connectivity index (χ1v) is 6.59. The third kappa shape index (κ3) is 3.39. The number of nitrogens with zero attached hydrogens (tertiary/aromatic N) is 2. The number of rotatable bonds is 2. The fourth-order valence-corrected chi connectivity index (χ4v) is 2.03. The quantitative estimate of drug-likeness (QED) is 0.823. The maximum Gasteiger partial charge on any atom is 0.418 e. The maximum absolute atomic E-state index is 13.0. The van der Waals surface area contributed by atoms with E-state index in [2.05, 4.69) is 15.5 Å². The fraction of sp³-hybridized carbons (Fsp3) is 0.231. The number of anilines is 2. The Labute approximate surface area is 129 Å². The molecule has 1 aromatic carbocycles. The standard InChI is InChI=1S/C13H10Cl2F3N3/c1-6-7(2)12(21-20-11(6)15)19-10-4-3-8(14)5-9(10)13(16,17)18/h3-5H,1-2H3,(H,19,21). The Bertz CT molecular complexity index is 687. The highest BCUT2D eigenvalue weighted by Gasteiger charge is 2.34. The summed E-state index contributed by atoms with van der Waals surface area (Å²) in [5, 5.41) is 10.3. The predicted molar refractivity (Wildman–Crippen MR) is 76.3 cm³/mol. The molecule has 112 valence electrons. The molecule has 2 aromatic rings. The summed E-state index contributed by atoms with van der Waals surface area (Å²) in [6.45, 7) is 3.41. The van der Waals surface area contributed by atoms with Crippen molar-refractivity contribution < 1.29 is 13.2 Å². The molecular formula is C13H10Cl2F3N3. The molecule has 0 fully saturated rings. The highest BCUT2D eigenvalue weighted by atomic mass is 35.5. The molecule has 1 N–H and O–H groups in total. The van der Waals surface area contributed by atoms with Gasteiger partial charge in [-0.05, 0) is 43.2 Å². The second-order valence-corrected chi connectivity index (χ2v) is 5.20. The van der Waals surface area contributed by atoms with Gasteiger partial charge in [0.15, 0.2) is 11.0 Å². The van der Waals surface area contributed by atoms with Crippen LogP contribution in [-0.4, -0.2) is 10.2 Å². The molecule has 0 aliphatic rings. The summed E-state index contributed by atoms with van der Waals surface area (Å²) in [7, 11) is 0. The lowest BCUT2D eigenvalue weighted by atomic mass is 10.1. The summed E-state index contributed by atoms with van der Waals surface area (Å²) < 4.78 is 39.1. The van der Waals surface area contributed by atoms with Crippen molar-refractivity contribution in [2.45, 2.75) is 20.0 Å². The number of hydrogen-bond donors (Lipinski definition) is 1. The summed E-state index contributed by atoms with van der Waals surface area (Å²) >= 11 is 11.4. The summed E-state index contributed by atoms with van der Waals surface area (Å²) in [4.78, 5) is 0. The van der Waals surface area contributed by atoms with Gasteiger partial charge in [-0.15, -0.1) is 10.2 Å². The minimum Gasteiger partial charge on any atom is -0.338 e. The average Bonchev–Trinajstić information content (AvgIpc) is 2.40. The Hall–Kier alpha value is -1.53. The molecule has 0 spiro atoms. The SMILES string of the molecule is Cc1c(Cl)nnc(Nc2ccc(Cl)cc2C(F)(F)F)c1C. The first-order chi connectivity index (χ1) is 9.70. The number of alkyl halides is 3. The van der Waals surface area contributed by atoms with Crippen molar-refractivity contribution in [2.24, 2.45) is 0 Å². The Morgan fingerprint density at radius 2 is 1.71 bits per heavy atom. The normalized spacial score (nSPS) is 11.6. The van der Waals surface area contributed by atoms with E-state index < -0.39 is 11.7 Å². The molecule has 1 aromatic heterocycles. The second-order valence-electron chi connectivity index (χ2n) is 4.40. The Kier molecular flexibility index (Phi) is 4.30. The van der Waals surface area contributed by atoms with Crippen LogP contribution in [-0.2, 0) is 6.18 Å². The molecule has 21 heavy (non-hydrogen) atoms. The minimum absolute atomic E-state index is 0.00275. The number of halogens is 5. The van der Waals surface area contributed by atoms with Crippen LogP contribution in [0, 0.1) is 13.8 Å². The lowest BCUT2D eigenvalue weighted by Gasteiger charge is -2.16. The molecular weight excluding hydrogens is 326 g/mol. The zero-order valence-corrected chi connectivity index (χ0v) is 12.5. The average molecular weight is 336 g/mol. The van der Waals surface area contributed by atoms with Crippen LogP contribution in [0.1, 0.15) is 16.7 Å². The van der Waals surface area contributed by atoms with E-state index in [-0.39, 0.29) is 21.7 Å². The topological polar surface area (TPSA) is 37.8 Å². The van der Waals surface area contributed by atoms with Crippen LogP contribution in [0.25, 0.3) is 0 Å². The number of aromatic nitrogens is 2. The Morgan fingerprint density at radius 3 is 2.33 bits per heavy atom. The fourth-order valence-electron chi connectivity index (χ4n) is 1.68. The van der Waals surface area contributed by atoms with Gasteiger partial charge in [-0.1, -0.05) is 23.2 Å². The minimum atomic E-state index is -4.53. The van der Waals surface area contributed by atoms with Crippen LogP contribution < -0.4 is 5.32 Å². The summed E-state index contributed by atoms with van der Waals surface area (Å²) in [5.74, 6) is 0.213. The van der Waals surface area contributed by atoms with Gasteiger partial charge in [0.25, 0.3) is 0 Å². The van der Waals surface area contributed by atoms with Gasteiger partial charge in [0.1, 0.15) is 0 Å². The van der Waals surface area contributed by atoms with Gasteiger partial charge < -0.3 is 5.32 Å². The molecule has 1 heterocycles. The molecule has 2 rings (SSSR count). The maximum atomic E-state index is 13.0. The van der Waals surface area contributed by atoms with E-state index >= 15 is 0 Å². The molecule has 0 aliphatic heterocycles. The van der Waals surface area contributed by atoms with Crippen molar-refractivity contribution in [3.8, 4) is 0 Å². The van der Waals surface area contributed by atoms with Crippen molar-refractivity contribution in [1.82, 2.24) is 10.2 Å². The van der Waals surface area contributed by atoms with E-state index in [9.17, 15) is 13.2 Å². The molecule has 0 saturated carbocycles. The van der Waals surface area contributed by atoms with Gasteiger partial charge in [0.05, 0.1) is 11.3 Å². The van der Waals surface area contributed by atoms with Crippen molar-refractivity contribution >= 4 is 34.7 Å². The van der Waals surface area contributed by atoms with Crippen LogP contribution in [0.4, 0.5) is 24.7 Å². The van der Waals surface area contributed by atoms with Crippen molar-refractivity contribution in [2.75, 3.05) is 5.32 Å². The van der Waals surface area contributed by atoms with Gasteiger partial charge in [-0.25, -0.2) is 0 Å². The van der Waals surface area contributed by atoms with Crippen LogP contribution in [0.3, 0.4) is 0 Å². The highest BCUT2D eigenvalue weighted by Crippen LogP contribution is 2.38. The van der Waals surface area contributed by atoms with E-state index in [4.69, 9.17) is 23.2 Å². The summed E-state index contributed by atoms with van der Waals surface area (Å²) in [6.07, 6.45) is -4.53. The monoisotopic (exact) mass is 335 g/mol. The van der Waals surface area contributed by atoms with Crippen LogP contribution in [0.15, 0.2) is 18.2 Å². The van der Waals surface area contributed by atoms with E-state index in [0.29, 0.717) is 11.1 Å². The van der Waals surface area contributed by atoms with Gasteiger partial charge >= 0.3 is 6.18 Å². The van der Waals surface area contributed by atoms with E-state index in [1.807, 2.05) is 0 Å². The lowest BCUT2D eigenvalue weighted by Crippen LogP contribution is -2.10. The van der Waals surface area contributed by atoms with Gasteiger partial charge in [-0.2, -0.15) is 13.2 Å². The molecule has 3 nitrogen and oxygen atoms in total. The molecule has 0 radical (unpaired) electrons. The smallest absolute Gasteiger partial charge is 0.338 e. The zero-order valence-electron chi connectivity index (χ0n) is 11.0. The van der Waals surface area contributed by atoms with E-state index in [1.54, 1.807) is 13.8 Å². The van der Waals surface area contributed by atoms with Crippen molar-refractivity contribution in [1.29, 1.82) is 0 Å². The number of hydrogen-bond acceptors (Lipinski definition) is 3. The van der Waals surface area contributed by atoms with E-state index in [0.717, 1.165) is 6.07 Å². The van der Waals surface area contributed by atoms with Crippen LogP contribution >= 0.6 is 23.2 Å². The third-order valence-electron chi connectivity index (χ3n) is 3.01. The molecule has 0 bridgehead atoms. The Morgan fingerprint density at radius 1 is 1.05 bits per heavy atom. The van der Waals surface area contributed by atoms with Gasteiger partial charge in [0.2, 0.25) is 0 Å². The largest absolute Gasteiger partial charge is 0.418 e. The first-order valence-electron chi connectivity index (χ1n) is 5.83. The molecule has 0 aliphatic carbocycles. The molecule has 0 saturated heterocycles. The summed E-state index contributed by atoms with van der Waals surface area (Å²) in [5.41, 5.74) is 0.254. The van der Waals surface area contributed by atoms with Crippen LogP contribution in [0.2, 0.25) is 10.2 Å². The number of benzene rings is 1. The predicted octanol–water partition coefficient (Wildman–Crippen LogP) is 5.16. The van der Waals surface area contributed by atoms with Crippen molar-refractivity contribution in [3.63, 3.8) is 0 Å². The lowest BCUT2D eigenvalue weighted by molar-refractivity contribution is -0.136. The van der Waals surface area contributed by atoms with Crippen LogP contribution in [0.5, 0.6) is 0 Å².